The number of carbonyl (C=O) groups is 2. The molecule has 2 aromatic carbocycles. The van der Waals surface area contributed by atoms with E-state index in [1.165, 1.54) is 0 Å². The van der Waals surface area contributed by atoms with Gasteiger partial charge >= 0.3 is 5.97 Å². The molecule has 0 saturated carbocycles. The Morgan fingerprint density at radius 3 is 2.68 bits per heavy atom. The highest BCUT2D eigenvalue weighted by Crippen LogP contribution is 2.28. The Morgan fingerprint density at radius 2 is 1.96 bits per heavy atom. The van der Waals surface area contributed by atoms with Crippen LogP contribution in [0.4, 0.5) is 0 Å². The molecule has 1 amide bonds. The van der Waals surface area contributed by atoms with Crippen molar-refractivity contribution in [2.45, 2.75) is 26.9 Å². The number of furan rings is 1. The first-order valence-corrected chi connectivity index (χ1v) is 9.85. The SMILES string of the molecule is CCOC(=O)Cc1ccc(C(N)=O)cc1OCc1cc(I)c2oc(C)cc2c1. The van der Waals surface area contributed by atoms with Gasteiger partial charge in [-0.25, -0.2) is 0 Å². The number of aryl methyl sites for hydroxylation is 1. The molecule has 0 fully saturated rings. The van der Waals surface area contributed by atoms with Crippen molar-refractivity contribution in [3.8, 4) is 5.75 Å². The van der Waals surface area contributed by atoms with Crippen LogP contribution in [-0.2, 0) is 22.6 Å². The van der Waals surface area contributed by atoms with Gasteiger partial charge in [0.2, 0.25) is 5.91 Å². The number of primary amides is 1. The van der Waals surface area contributed by atoms with Gasteiger partial charge < -0.3 is 19.6 Å². The van der Waals surface area contributed by atoms with Gasteiger partial charge in [-0.2, -0.15) is 0 Å². The molecule has 0 saturated heterocycles. The number of fused-ring (bicyclic) bond motifs is 1. The third-order valence-electron chi connectivity index (χ3n) is 4.14. The smallest absolute Gasteiger partial charge is 0.310 e. The minimum absolute atomic E-state index is 0.0553. The fourth-order valence-corrected chi connectivity index (χ4v) is 3.72. The van der Waals surface area contributed by atoms with Gasteiger partial charge in [0.25, 0.3) is 0 Å². The minimum atomic E-state index is -0.558. The molecule has 146 valence electrons. The van der Waals surface area contributed by atoms with Gasteiger partial charge in [-0.15, -0.1) is 0 Å². The molecule has 2 N–H and O–H groups in total. The Morgan fingerprint density at radius 1 is 1.18 bits per heavy atom. The monoisotopic (exact) mass is 493 g/mol. The molecule has 6 nitrogen and oxygen atoms in total. The summed E-state index contributed by atoms with van der Waals surface area (Å²) in [6.45, 7) is 4.23. The van der Waals surface area contributed by atoms with Crippen LogP contribution in [0.1, 0.15) is 34.2 Å². The summed E-state index contributed by atoms with van der Waals surface area (Å²) >= 11 is 2.23. The van der Waals surface area contributed by atoms with Crippen LogP contribution < -0.4 is 10.5 Å². The van der Waals surface area contributed by atoms with Crippen molar-refractivity contribution in [2.75, 3.05) is 6.61 Å². The Balaban J connectivity index is 1.86. The second-order valence-corrected chi connectivity index (χ2v) is 7.47. The number of ether oxygens (including phenoxy) is 2. The van der Waals surface area contributed by atoms with Crippen molar-refractivity contribution < 1.29 is 23.5 Å². The van der Waals surface area contributed by atoms with Gasteiger partial charge in [0.05, 0.1) is 16.6 Å². The third-order valence-corrected chi connectivity index (χ3v) is 4.94. The Kier molecular flexibility index (Phi) is 6.23. The van der Waals surface area contributed by atoms with Gasteiger partial charge in [0.1, 0.15) is 23.7 Å². The molecule has 0 aliphatic heterocycles. The Bertz CT molecular complexity index is 1040. The van der Waals surface area contributed by atoms with E-state index in [4.69, 9.17) is 19.6 Å². The summed E-state index contributed by atoms with van der Waals surface area (Å²) < 4.78 is 17.6. The summed E-state index contributed by atoms with van der Waals surface area (Å²) in [7, 11) is 0. The van der Waals surface area contributed by atoms with E-state index < -0.39 is 5.91 Å². The standard InChI is InChI=1S/C21H20INO5/c1-3-26-19(24)10-14-4-5-15(21(23)25)9-18(14)27-11-13-7-16-6-12(2)28-20(16)17(22)8-13/h4-9H,3,10-11H2,1-2H3,(H2,23,25). The Labute approximate surface area is 176 Å². The maximum Gasteiger partial charge on any atom is 0.310 e. The van der Waals surface area contributed by atoms with E-state index in [-0.39, 0.29) is 19.0 Å². The number of nitrogens with two attached hydrogens (primary N) is 1. The zero-order valence-corrected chi connectivity index (χ0v) is 17.7. The maximum atomic E-state index is 11.9. The van der Waals surface area contributed by atoms with Gasteiger partial charge in [-0.3, -0.25) is 9.59 Å². The van der Waals surface area contributed by atoms with Crippen LogP contribution in [0.5, 0.6) is 5.75 Å². The summed E-state index contributed by atoms with van der Waals surface area (Å²) in [6, 6.07) is 10.8. The number of hydrogen-bond acceptors (Lipinski definition) is 5. The predicted molar refractivity (Wildman–Crippen MR) is 113 cm³/mol. The fraction of sp³-hybridized carbons (Fsp3) is 0.238. The molecule has 0 aliphatic carbocycles. The highest BCUT2D eigenvalue weighted by molar-refractivity contribution is 14.1. The van der Waals surface area contributed by atoms with E-state index in [9.17, 15) is 9.59 Å². The molecule has 0 bridgehead atoms. The van der Waals surface area contributed by atoms with Crippen LogP contribution in [0.3, 0.4) is 0 Å². The zero-order chi connectivity index (χ0) is 20.3. The van der Waals surface area contributed by atoms with Gasteiger partial charge in [0, 0.05) is 16.5 Å². The number of carbonyl (C=O) groups excluding carboxylic acids is 2. The molecule has 1 heterocycles. The van der Waals surface area contributed by atoms with Crippen LogP contribution in [0.2, 0.25) is 0 Å². The summed E-state index contributed by atoms with van der Waals surface area (Å²) in [5.74, 6) is 0.362. The van der Waals surface area contributed by atoms with Crippen LogP contribution in [-0.4, -0.2) is 18.5 Å². The minimum Gasteiger partial charge on any atom is -0.489 e. The molecular weight excluding hydrogens is 473 g/mol. The summed E-state index contributed by atoms with van der Waals surface area (Å²) in [5.41, 5.74) is 8.13. The lowest BCUT2D eigenvalue weighted by Crippen LogP contribution is -2.13. The van der Waals surface area contributed by atoms with E-state index in [0.717, 1.165) is 25.9 Å². The highest BCUT2D eigenvalue weighted by Gasteiger charge is 2.14. The largest absolute Gasteiger partial charge is 0.489 e. The average molecular weight is 493 g/mol. The quantitative estimate of drug-likeness (QED) is 0.395. The summed E-state index contributed by atoms with van der Waals surface area (Å²) in [4.78, 5) is 23.4. The first kappa shape index (κ1) is 20.2. The lowest BCUT2D eigenvalue weighted by molar-refractivity contribution is -0.142. The summed E-state index contributed by atoms with van der Waals surface area (Å²) in [5, 5.41) is 1.00. The van der Waals surface area contributed by atoms with Crippen molar-refractivity contribution in [1.82, 2.24) is 0 Å². The molecule has 0 atom stereocenters. The normalized spacial score (nSPS) is 10.8. The molecule has 0 unspecified atom stereocenters. The maximum absolute atomic E-state index is 11.9. The van der Waals surface area contributed by atoms with Gasteiger partial charge in [-0.05, 0) is 72.3 Å². The number of esters is 1. The van der Waals surface area contributed by atoms with E-state index in [1.54, 1.807) is 25.1 Å². The first-order chi connectivity index (χ1) is 13.4. The lowest BCUT2D eigenvalue weighted by atomic mass is 10.1. The van der Waals surface area contributed by atoms with Crippen LogP contribution in [0.15, 0.2) is 40.8 Å². The fourth-order valence-electron chi connectivity index (χ4n) is 2.90. The Hall–Kier alpha value is -2.55. The van der Waals surface area contributed by atoms with Crippen molar-refractivity contribution in [2.24, 2.45) is 5.73 Å². The average Bonchev–Trinajstić information content (AvgIpc) is 3.01. The van der Waals surface area contributed by atoms with Crippen molar-refractivity contribution >= 4 is 45.4 Å². The van der Waals surface area contributed by atoms with Crippen molar-refractivity contribution in [3.05, 3.63) is 62.4 Å². The first-order valence-electron chi connectivity index (χ1n) is 8.77. The predicted octanol–water partition coefficient (Wildman–Crippen LogP) is 4.13. The van der Waals surface area contributed by atoms with Crippen molar-refractivity contribution in [3.63, 3.8) is 0 Å². The zero-order valence-electron chi connectivity index (χ0n) is 15.6. The second-order valence-electron chi connectivity index (χ2n) is 6.31. The van der Waals surface area contributed by atoms with Crippen LogP contribution in [0, 0.1) is 10.5 Å². The molecular formula is C21H20INO5. The molecule has 0 radical (unpaired) electrons. The molecule has 3 aromatic rings. The van der Waals surface area contributed by atoms with Crippen LogP contribution >= 0.6 is 22.6 Å². The third kappa shape index (κ3) is 4.64. The number of benzene rings is 2. The van der Waals surface area contributed by atoms with E-state index in [1.807, 2.05) is 25.1 Å². The summed E-state index contributed by atoms with van der Waals surface area (Å²) in [6.07, 6.45) is 0.0553. The van der Waals surface area contributed by atoms with Crippen molar-refractivity contribution in [1.29, 1.82) is 0 Å². The molecule has 7 heteroatoms. The second kappa shape index (κ2) is 8.64. The van der Waals surface area contributed by atoms with Gasteiger partial charge in [-0.1, -0.05) is 6.07 Å². The van der Waals surface area contributed by atoms with E-state index in [0.29, 0.717) is 23.5 Å². The molecule has 0 spiro atoms. The number of halogens is 1. The van der Waals surface area contributed by atoms with Crippen LogP contribution in [0.25, 0.3) is 11.0 Å². The molecule has 0 aliphatic rings. The highest BCUT2D eigenvalue weighted by atomic mass is 127. The molecule has 28 heavy (non-hydrogen) atoms. The molecule has 3 rings (SSSR count). The van der Waals surface area contributed by atoms with E-state index in [2.05, 4.69) is 22.6 Å². The lowest BCUT2D eigenvalue weighted by Gasteiger charge is -2.13. The molecule has 1 aromatic heterocycles. The van der Waals surface area contributed by atoms with E-state index >= 15 is 0 Å². The topological polar surface area (TPSA) is 91.8 Å². The number of amides is 1. The van der Waals surface area contributed by atoms with Gasteiger partial charge in [0.15, 0.2) is 0 Å². The number of hydrogen-bond donors (Lipinski definition) is 1. The number of rotatable bonds is 7.